The van der Waals surface area contributed by atoms with Crippen molar-refractivity contribution in [3.05, 3.63) is 58.6 Å². The van der Waals surface area contributed by atoms with Crippen molar-refractivity contribution in [2.45, 2.75) is 19.9 Å². The lowest BCUT2D eigenvalue weighted by atomic mass is 10.1. The summed E-state index contributed by atoms with van der Waals surface area (Å²) in [4.78, 5) is 12.2. The Morgan fingerprint density at radius 1 is 1.17 bits per heavy atom. The number of amides is 1. The van der Waals surface area contributed by atoms with Gasteiger partial charge in [-0.2, -0.15) is 5.10 Å². The minimum Gasteiger partial charge on any atom is -0.495 e. The van der Waals surface area contributed by atoms with E-state index in [-0.39, 0.29) is 5.91 Å². The van der Waals surface area contributed by atoms with Crippen molar-refractivity contribution in [1.82, 2.24) is 5.43 Å². The van der Waals surface area contributed by atoms with E-state index in [2.05, 4.69) is 31.8 Å². The van der Waals surface area contributed by atoms with Gasteiger partial charge in [-0.1, -0.05) is 40.2 Å². The van der Waals surface area contributed by atoms with Crippen LogP contribution in [-0.2, 0) is 4.79 Å². The molecule has 0 saturated heterocycles. The van der Waals surface area contributed by atoms with E-state index in [4.69, 9.17) is 4.74 Å². The number of hydrogen-bond acceptors (Lipinski definition) is 4. The molecule has 0 aliphatic rings. The Bertz CT molecular complexity index is 729. The van der Waals surface area contributed by atoms with Gasteiger partial charge in [-0.3, -0.25) is 4.79 Å². The van der Waals surface area contributed by atoms with Gasteiger partial charge in [0.25, 0.3) is 5.91 Å². The van der Waals surface area contributed by atoms with Gasteiger partial charge in [-0.05, 0) is 43.7 Å². The Hall–Kier alpha value is -2.34. The van der Waals surface area contributed by atoms with Crippen molar-refractivity contribution in [3.63, 3.8) is 0 Å². The molecule has 1 atom stereocenters. The molecule has 2 rings (SSSR count). The van der Waals surface area contributed by atoms with Crippen LogP contribution in [0.25, 0.3) is 0 Å². The number of nitrogens with zero attached hydrogens (tertiary/aromatic N) is 1. The average molecular weight is 390 g/mol. The van der Waals surface area contributed by atoms with Crippen molar-refractivity contribution in [3.8, 4) is 5.75 Å². The van der Waals surface area contributed by atoms with Gasteiger partial charge in [0.1, 0.15) is 11.8 Å². The van der Waals surface area contributed by atoms with E-state index in [0.717, 1.165) is 21.4 Å². The van der Waals surface area contributed by atoms with Gasteiger partial charge in [-0.15, -0.1) is 0 Å². The van der Waals surface area contributed by atoms with Crippen LogP contribution >= 0.6 is 15.9 Å². The molecule has 0 bridgehead atoms. The maximum atomic E-state index is 12.2. The van der Waals surface area contributed by atoms with Gasteiger partial charge in [0.15, 0.2) is 0 Å². The van der Waals surface area contributed by atoms with Gasteiger partial charge in [0.2, 0.25) is 0 Å². The van der Waals surface area contributed by atoms with Crippen LogP contribution in [0.4, 0.5) is 5.69 Å². The molecule has 0 aromatic heterocycles. The molecule has 24 heavy (non-hydrogen) atoms. The zero-order valence-electron chi connectivity index (χ0n) is 13.8. The Balaban J connectivity index is 1.98. The molecule has 2 N–H and O–H groups in total. The summed E-state index contributed by atoms with van der Waals surface area (Å²) in [6.45, 7) is 3.62. The van der Waals surface area contributed by atoms with Crippen LogP contribution in [0.5, 0.6) is 5.75 Å². The van der Waals surface area contributed by atoms with Gasteiger partial charge in [0, 0.05) is 4.47 Å². The number of carbonyl (C=O) groups is 1. The largest absolute Gasteiger partial charge is 0.495 e. The highest BCUT2D eigenvalue weighted by Gasteiger charge is 2.14. The monoisotopic (exact) mass is 389 g/mol. The molecule has 0 saturated carbocycles. The van der Waals surface area contributed by atoms with Crippen molar-refractivity contribution in [2.75, 3.05) is 12.4 Å². The van der Waals surface area contributed by atoms with E-state index in [0.29, 0.717) is 5.75 Å². The zero-order valence-corrected chi connectivity index (χ0v) is 15.4. The Labute approximate surface area is 150 Å². The lowest BCUT2D eigenvalue weighted by Gasteiger charge is -2.16. The van der Waals surface area contributed by atoms with Crippen molar-refractivity contribution in [1.29, 1.82) is 0 Å². The Morgan fingerprint density at radius 3 is 2.50 bits per heavy atom. The van der Waals surface area contributed by atoms with E-state index in [1.165, 1.54) is 0 Å². The third kappa shape index (κ3) is 4.83. The summed E-state index contributed by atoms with van der Waals surface area (Å²) in [5.74, 6) is 0.462. The number of ether oxygens (including phenoxy) is 1. The first-order chi connectivity index (χ1) is 11.5. The van der Waals surface area contributed by atoms with Crippen molar-refractivity contribution in [2.24, 2.45) is 5.10 Å². The first kappa shape index (κ1) is 18.0. The number of rotatable bonds is 6. The van der Waals surface area contributed by atoms with Gasteiger partial charge in [-0.25, -0.2) is 5.43 Å². The molecule has 0 radical (unpaired) electrons. The minimum atomic E-state index is -0.456. The van der Waals surface area contributed by atoms with Crippen LogP contribution in [0, 0.1) is 0 Å². The molecular formula is C18H20BrN3O2. The molecule has 0 heterocycles. The van der Waals surface area contributed by atoms with E-state index in [9.17, 15) is 4.79 Å². The molecule has 2 aromatic rings. The number of para-hydroxylation sites is 2. The average Bonchev–Trinajstić information content (AvgIpc) is 2.60. The molecule has 1 amide bonds. The second kappa shape index (κ2) is 8.49. The molecule has 6 heteroatoms. The number of benzene rings is 2. The van der Waals surface area contributed by atoms with E-state index >= 15 is 0 Å². The second-order valence-corrected chi connectivity index (χ2v) is 6.16. The van der Waals surface area contributed by atoms with Gasteiger partial charge < -0.3 is 10.1 Å². The highest BCUT2D eigenvalue weighted by atomic mass is 79.9. The molecule has 0 unspecified atom stereocenters. The fourth-order valence-electron chi connectivity index (χ4n) is 2.05. The summed E-state index contributed by atoms with van der Waals surface area (Å²) in [6.07, 6.45) is 0. The molecular weight excluding hydrogens is 370 g/mol. The number of nitrogens with one attached hydrogen (secondary N) is 2. The van der Waals surface area contributed by atoms with Crippen molar-refractivity contribution >= 4 is 33.2 Å². The molecule has 0 aliphatic heterocycles. The zero-order chi connectivity index (χ0) is 17.5. The Kier molecular flexibility index (Phi) is 6.37. The third-order valence-corrected chi connectivity index (χ3v) is 4.00. The van der Waals surface area contributed by atoms with E-state index < -0.39 is 6.04 Å². The lowest BCUT2D eigenvalue weighted by Crippen LogP contribution is -2.35. The number of methoxy groups -OCH3 is 1. The SMILES string of the molecule is COc1ccccc1N[C@@H](C)C(=O)NN=C(C)c1ccc(Br)cc1. The molecule has 5 nitrogen and oxygen atoms in total. The molecule has 0 fully saturated rings. The summed E-state index contributed by atoms with van der Waals surface area (Å²) in [6, 6.07) is 14.7. The maximum Gasteiger partial charge on any atom is 0.262 e. The van der Waals surface area contributed by atoms with Gasteiger partial charge in [0.05, 0.1) is 18.5 Å². The summed E-state index contributed by atoms with van der Waals surface area (Å²) < 4.78 is 6.26. The standard InChI is InChI=1S/C18H20BrN3O2/c1-12(14-8-10-15(19)11-9-14)21-22-18(23)13(2)20-16-6-4-5-7-17(16)24-3/h4-11,13,20H,1-3H3,(H,22,23)/t13-/m0/s1. The smallest absolute Gasteiger partial charge is 0.262 e. The third-order valence-electron chi connectivity index (χ3n) is 3.47. The Morgan fingerprint density at radius 2 is 1.83 bits per heavy atom. The fourth-order valence-corrected chi connectivity index (χ4v) is 2.32. The second-order valence-electron chi connectivity index (χ2n) is 5.25. The number of hydrazone groups is 1. The number of anilines is 1. The minimum absolute atomic E-state index is 0.225. The predicted octanol–water partition coefficient (Wildman–Crippen LogP) is 3.80. The van der Waals surface area contributed by atoms with Crippen LogP contribution in [0.15, 0.2) is 58.1 Å². The topological polar surface area (TPSA) is 62.7 Å². The number of halogens is 1. The first-order valence-electron chi connectivity index (χ1n) is 7.51. The first-order valence-corrected chi connectivity index (χ1v) is 8.30. The van der Waals surface area contributed by atoms with E-state index in [1.807, 2.05) is 55.5 Å². The summed E-state index contributed by atoms with van der Waals surface area (Å²) >= 11 is 3.39. The maximum absolute atomic E-state index is 12.2. The molecule has 0 spiro atoms. The number of carbonyl (C=O) groups excluding carboxylic acids is 1. The van der Waals surface area contributed by atoms with E-state index in [1.54, 1.807) is 14.0 Å². The number of hydrogen-bond donors (Lipinski definition) is 2. The van der Waals surface area contributed by atoms with Crippen molar-refractivity contribution < 1.29 is 9.53 Å². The lowest BCUT2D eigenvalue weighted by molar-refractivity contribution is -0.121. The van der Waals surface area contributed by atoms with Crippen LogP contribution in [0.3, 0.4) is 0 Å². The summed E-state index contributed by atoms with van der Waals surface area (Å²) in [7, 11) is 1.59. The summed E-state index contributed by atoms with van der Waals surface area (Å²) in [5, 5.41) is 7.28. The molecule has 126 valence electrons. The fraction of sp³-hybridized carbons (Fsp3) is 0.222. The van der Waals surface area contributed by atoms with Crippen LogP contribution in [0.1, 0.15) is 19.4 Å². The normalized spacial score (nSPS) is 12.4. The van der Waals surface area contributed by atoms with Crippen LogP contribution in [-0.4, -0.2) is 24.8 Å². The highest BCUT2D eigenvalue weighted by Crippen LogP contribution is 2.23. The highest BCUT2D eigenvalue weighted by molar-refractivity contribution is 9.10. The van der Waals surface area contributed by atoms with Crippen LogP contribution in [0.2, 0.25) is 0 Å². The molecule has 0 aliphatic carbocycles. The molecule has 2 aromatic carbocycles. The van der Waals surface area contributed by atoms with Gasteiger partial charge >= 0.3 is 0 Å². The predicted molar refractivity (Wildman–Crippen MR) is 101 cm³/mol. The quantitative estimate of drug-likeness (QED) is 0.583. The van der Waals surface area contributed by atoms with Crippen LogP contribution < -0.4 is 15.5 Å². The summed E-state index contributed by atoms with van der Waals surface area (Å²) in [5.41, 5.74) is 5.03.